The van der Waals surface area contributed by atoms with Crippen molar-refractivity contribution in [1.82, 2.24) is 5.43 Å². The average molecular weight is 267 g/mol. The van der Waals surface area contributed by atoms with Gasteiger partial charge in [-0.05, 0) is 25.0 Å². The van der Waals surface area contributed by atoms with Crippen molar-refractivity contribution in [2.24, 2.45) is 10.8 Å². The molecule has 0 aliphatic heterocycles. The molecule has 1 saturated carbocycles. The number of hydrazine groups is 1. The van der Waals surface area contributed by atoms with Crippen molar-refractivity contribution in [2.45, 2.75) is 44.6 Å². The molecule has 1 aromatic rings. The van der Waals surface area contributed by atoms with E-state index in [0.717, 1.165) is 31.7 Å². The molecule has 0 saturated heterocycles. The highest BCUT2D eigenvalue weighted by atomic mass is 19.2. The minimum Gasteiger partial charge on any atom is -0.308 e. The van der Waals surface area contributed by atoms with Gasteiger partial charge in [0.25, 0.3) is 0 Å². The molecule has 3 N–H and O–H groups in total. The highest BCUT2D eigenvalue weighted by Crippen LogP contribution is 2.21. The van der Waals surface area contributed by atoms with Gasteiger partial charge in [0.05, 0.1) is 11.6 Å². The number of hydrogen-bond donors (Lipinski definition) is 2. The summed E-state index contributed by atoms with van der Waals surface area (Å²) >= 11 is 0. The van der Waals surface area contributed by atoms with Crippen molar-refractivity contribution >= 4 is 5.84 Å². The highest BCUT2D eigenvalue weighted by molar-refractivity contribution is 5.98. The summed E-state index contributed by atoms with van der Waals surface area (Å²) in [6, 6.07) is 4.15. The number of nitrogens with zero attached hydrogens (tertiary/aromatic N) is 1. The van der Waals surface area contributed by atoms with Crippen molar-refractivity contribution in [3.8, 4) is 0 Å². The fourth-order valence-electron chi connectivity index (χ4n) is 2.44. The second kappa shape index (κ2) is 6.61. The van der Waals surface area contributed by atoms with Crippen molar-refractivity contribution in [1.29, 1.82) is 0 Å². The van der Waals surface area contributed by atoms with Crippen LogP contribution in [0.4, 0.5) is 8.78 Å². The number of aliphatic imine (C=N–C) groups is 1. The van der Waals surface area contributed by atoms with Crippen LogP contribution in [0.5, 0.6) is 0 Å². The van der Waals surface area contributed by atoms with Gasteiger partial charge >= 0.3 is 0 Å². The SMILES string of the molecule is NNC(=NC1CCCCCC1)c1cccc(F)c1F. The van der Waals surface area contributed by atoms with E-state index in [-0.39, 0.29) is 17.4 Å². The number of hydrogen-bond acceptors (Lipinski definition) is 2. The molecule has 2 rings (SSSR count). The quantitative estimate of drug-likeness (QED) is 0.284. The van der Waals surface area contributed by atoms with E-state index in [1.807, 2.05) is 0 Å². The van der Waals surface area contributed by atoms with Gasteiger partial charge in [-0.1, -0.05) is 31.7 Å². The Bertz CT molecular complexity index is 452. The molecule has 0 amide bonds. The molecule has 1 aromatic carbocycles. The van der Waals surface area contributed by atoms with E-state index in [1.165, 1.54) is 25.0 Å². The van der Waals surface area contributed by atoms with Gasteiger partial charge in [0.1, 0.15) is 5.84 Å². The van der Waals surface area contributed by atoms with Crippen molar-refractivity contribution in [3.63, 3.8) is 0 Å². The molecule has 0 unspecified atom stereocenters. The van der Waals surface area contributed by atoms with Gasteiger partial charge in [-0.2, -0.15) is 0 Å². The van der Waals surface area contributed by atoms with Crippen LogP contribution in [-0.2, 0) is 0 Å². The summed E-state index contributed by atoms with van der Waals surface area (Å²) in [6.07, 6.45) is 6.62. The molecule has 0 heterocycles. The average Bonchev–Trinajstić information content (AvgIpc) is 2.68. The Balaban J connectivity index is 2.25. The first kappa shape index (κ1) is 13.9. The third-order valence-electron chi connectivity index (χ3n) is 3.48. The zero-order valence-corrected chi connectivity index (χ0v) is 10.8. The number of benzene rings is 1. The molecule has 1 fully saturated rings. The summed E-state index contributed by atoms with van der Waals surface area (Å²) in [5.74, 6) is 3.84. The Morgan fingerprint density at radius 3 is 2.47 bits per heavy atom. The smallest absolute Gasteiger partial charge is 0.169 e. The van der Waals surface area contributed by atoms with Gasteiger partial charge in [0.15, 0.2) is 11.6 Å². The molecular weight excluding hydrogens is 248 g/mol. The second-order valence-corrected chi connectivity index (χ2v) is 4.87. The Morgan fingerprint density at radius 1 is 1.16 bits per heavy atom. The normalized spacial score (nSPS) is 18.2. The third-order valence-corrected chi connectivity index (χ3v) is 3.48. The summed E-state index contributed by atoms with van der Waals surface area (Å²) in [5.41, 5.74) is 2.49. The van der Waals surface area contributed by atoms with Crippen LogP contribution < -0.4 is 11.3 Å². The van der Waals surface area contributed by atoms with Crippen LogP contribution in [-0.4, -0.2) is 11.9 Å². The van der Waals surface area contributed by atoms with Gasteiger partial charge < -0.3 is 5.43 Å². The predicted octanol–water partition coefficient (Wildman–Crippen LogP) is 2.90. The van der Waals surface area contributed by atoms with E-state index >= 15 is 0 Å². The Labute approximate surface area is 111 Å². The Morgan fingerprint density at radius 2 is 1.84 bits per heavy atom. The van der Waals surface area contributed by atoms with Gasteiger partial charge in [-0.25, -0.2) is 14.6 Å². The van der Waals surface area contributed by atoms with Crippen molar-refractivity contribution in [3.05, 3.63) is 35.4 Å². The maximum absolute atomic E-state index is 13.7. The van der Waals surface area contributed by atoms with E-state index in [4.69, 9.17) is 5.84 Å². The summed E-state index contributed by atoms with van der Waals surface area (Å²) in [4.78, 5) is 4.46. The lowest BCUT2D eigenvalue weighted by atomic mass is 10.1. The van der Waals surface area contributed by atoms with Crippen LogP contribution in [0.15, 0.2) is 23.2 Å². The Hall–Kier alpha value is -1.49. The third kappa shape index (κ3) is 3.50. The summed E-state index contributed by atoms with van der Waals surface area (Å²) in [7, 11) is 0. The predicted molar refractivity (Wildman–Crippen MR) is 71.7 cm³/mol. The van der Waals surface area contributed by atoms with Gasteiger partial charge in [-0.15, -0.1) is 0 Å². The topological polar surface area (TPSA) is 50.4 Å². The number of rotatable bonds is 2. The molecule has 0 aromatic heterocycles. The lowest BCUT2D eigenvalue weighted by Crippen LogP contribution is -2.33. The van der Waals surface area contributed by atoms with Crippen LogP contribution in [0.3, 0.4) is 0 Å². The summed E-state index contributed by atoms with van der Waals surface area (Å²) in [6.45, 7) is 0. The maximum Gasteiger partial charge on any atom is 0.169 e. The van der Waals surface area contributed by atoms with E-state index in [1.54, 1.807) is 0 Å². The summed E-state index contributed by atoms with van der Waals surface area (Å²) in [5, 5.41) is 0. The molecule has 0 spiro atoms. The first-order valence-corrected chi connectivity index (χ1v) is 6.71. The minimum atomic E-state index is -0.909. The molecule has 3 nitrogen and oxygen atoms in total. The first-order chi connectivity index (χ1) is 9.22. The van der Waals surface area contributed by atoms with Crippen LogP contribution in [0.2, 0.25) is 0 Å². The standard InChI is InChI=1S/C14H19F2N3/c15-12-9-5-8-11(13(12)16)14(19-17)18-10-6-3-1-2-4-7-10/h5,8-10H,1-4,6-7,17H2,(H,18,19). The zero-order chi connectivity index (χ0) is 13.7. The van der Waals surface area contributed by atoms with Gasteiger partial charge in [0.2, 0.25) is 0 Å². The zero-order valence-electron chi connectivity index (χ0n) is 10.8. The molecule has 0 atom stereocenters. The van der Waals surface area contributed by atoms with Crippen molar-refractivity contribution in [2.75, 3.05) is 0 Å². The molecule has 5 heteroatoms. The number of nitrogens with one attached hydrogen (secondary N) is 1. The molecule has 1 aliphatic carbocycles. The van der Waals surface area contributed by atoms with Gasteiger partial charge in [0, 0.05) is 0 Å². The monoisotopic (exact) mass is 267 g/mol. The van der Waals surface area contributed by atoms with E-state index in [9.17, 15) is 8.78 Å². The van der Waals surface area contributed by atoms with Gasteiger partial charge in [-0.3, -0.25) is 4.99 Å². The van der Waals surface area contributed by atoms with E-state index in [2.05, 4.69) is 10.4 Å². The first-order valence-electron chi connectivity index (χ1n) is 6.71. The lowest BCUT2D eigenvalue weighted by Gasteiger charge is -2.13. The fourth-order valence-corrected chi connectivity index (χ4v) is 2.44. The molecule has 19 heavy (non-hydrogen) atoms. The Kier molecular flexibility index (Phi) is 4.85. The molecule has 0 bridgehead atoms. The van der Waals surface area contributed by atoms with Crippen LogP contribution in [0.25, 0.3) is 0 Å². The van der Waals surface area contributed by atoms with Crippen LogP contribution in [0, 0.1) is 11.6 Å². The molecule has 1 aliphatic rings. The molecule has 104 valence electrons. The number of amidine groups is 1. The maximum atomic E-state index is 13.7. The minimum absolute atomic E-state index is 0.0896. The largest absolute Gasteiger partial charge is 0.308 e. The highest BCUT2D eigenvalue weighted by Gasteiger charge is 2.16. The van der Waals surface area contributed by atoms with Crippen molar-refractivity contribution < 1.29 is 8.78 Å². The molecular formula is C14H19F2N3. The van der Waals surface area contributed by atoms with Crippen LogP contribution >= 0.6 is 0 Å². The number of nitrogens with two attached hydrogens (primary N) is 1. The van der Waals surface area contributed by atoms with E-state index in [0.29, 0.717) is 0 Å². The summed E-state index contributed by atoms with van der Waals surface area (Å²) < 4.78 is 26.9. The fraction of sp³-hybridized carbons (Fsp3) is 0.500. The lowest BCUT2D eigenvalue weighted by molar-refractivity contribution is 0.506. The van der Waals surface area contributed by atoms with E-state index < -0.39 is 11.6 Å². The number of halogens is 2. The van der Waals surface area contributed by atoms with Crippen LogP contribution in [0.1, 0.15) is 44.1 Å². The molecule has 0 radical (unpaired) electrons. The second-order valence-electron chi connectivity index (χ2n) is 4.87.